The van der Waals surface area contributed by atoms with E-state index in [1.54, 1.807) is 74.5 Å². The molecule has 11 amide bonds. The van der Waals surface area contributed by atoms with E-state index in [0.29, 0.717) is 6.42 Å². The van der Waals surface area contributed by atoms with Gasteiger partial charge in [0.1, 0.15) is 60.4 Å². The number of rotatable bonds is 14. The van der Waals surface area contributed by atoms with Gasteiger partial charge in [-0.15, -0.1) is 0 Å². The van der Waals surface area contributed by atoms with E-state index in [4.69, 9.17) is 0 Å². The largest absolute Gasteiger partial charge is 0.390 e. The lowest BCUT2D eigenvalue weighted by Crippen LogP contribution is -2.63. The van der Waals surface area contributed by atoms with E-state index >= 15 is 9.59 Å². The van der Waals surface area contributed by atoms with Crippen molar-refractivity contribution in [1.29, 1.82) is 0 Å². The van der Waals surface area contributed by atoms with Gasteiger partial charge in [-0.3, -0.25) is 52.7 Å². The van der Waals surface area contributed by atoms with E-state index in [2.05, 4.69) is 26.6 Å². The molecule has 0 bridgehead atoms. The summed E-state index contributed by atoms with van der Waals surface area (Å²) in [6, 6.07) is -12.4. The van der Waals surface area contributed by atoms with E-state index in [0.717, 1.165) is 9.80 Å². The Morgan fingerprint density at radius 1 is 0.470 bits per heavy atom. The SMILES string of the molecule is C/C=C/CC(C)C(O)[C@@H]1C(=O)N[C@@H](CC)C(=O)N(C)CC(=O)N[C@@H](C(C)C)C(=O)N[C@@H](C(C)C)C(=O)N(C)[C@@H](CC(C)C)C(=O)N[C@@H](C)C(=O)N[C@@H](C)C(=O)N(C)[C@@H](CC(C)C)C(=O)N(C)[C@@H](CC(C)C)C(=O)N(C)[C@@H](C(C)C)C(=O)N1C. The maximum atomic E-state index is 15.1. The fourth-order valence-corrected chi connectivity index (χ4v) is 10.3. The summed E-state index contributed by atoms with van der Waals surface area (Å²) in [5.41, 5.74) is 0. The molecule has 1 saturated heterocycles. The highest BCUT2D eigenvalue weighted by molar-refractivity contribution is 5.99. The number of carbonyl (C=O) groups excluding carboxylic acids is 11. The van der Waals surface area contributed by atoms with Crippen LogP contribution in [-0.2, 0) is 52.7 Å². The first kappa shape index (κ1) is 74.9. The van der Waals surface area contributed by atoms with Crippen molar-refractivity contribution in [2.24, 2.45) is 41.4 Å². The molecular formula is C60H107N11O12. The first-order valence-corrected chi connectivity index (χ1v) is 29.7. The van der Waals surface area contributed by atoms with Crippen LogP contribution in [-0.4, -0.2) is 215 Å². The number of hydrogen-bond donors (Lipinski definition) is 6. The molecule has 23 heteroatoms. The number of amides is 11. The Kier molecular flexibility index (Phi) is 30.7. The molecule has 2 unspecified atom stereocenters. The summed E-state index contributed by atoms with van der Waals surface area (Å²) in [6.45, 7) is 28.8. The Bertz CT molecular complexity index is 2270. The number of nitrogens with zero attached hydrogens (tertiary/aromatic N) is 6. The highest BCUT2D eigenvalue weighted by atomic mass is 16.3. The summed E-state index contributed by atoms with van der Waals surface area (Å²) in [7, 11) is 8.44. The quantitative estimate of drug-likeness (QED) is 0.137. The number of aliphatic hydroxyl groups excluding tert-OH is 1. The lowest BCUT2D eigenvalue weighted by Gasteiger charge is -2.41. The third kappa shape index (κ3) is 21.2. The molecule has 0 aromatic heterocycles. The number of carbonyl (C=O) groups is 11. The number of nitrogens with one attached hydrogen (secondary N) is 5. The molecule has 83 heavy (non-hydrogen) atoms. The highest BCUT2D eigenvalue weighted by Gasteiger charge is 2.45. The van der Waals surface area contributed by atoms with Gasteiger partial charge in [0.25, 0.3) is 0 Å². The van der Waals surface area contributed by atoms with Crippen molar-refractivity contribution in [3.8, 4) is 0 Å². The van der Waals surface area contributed by atoms with E-state index < -0.39 is 162 Å². The van der Waals surface area contributed by atoms with Crippen molar-refractivity contribution in [3.63, 3.8) is 0 Å². The van der Waals surface area contributed by atoms with Gasteiger partial charge in [0.2, 0.25) is 65.0 Å². The molecular weight excluding hydrogens is 1070 g/mol. The van der Waals surface area contributed by atoms with Crippen molar-refractivity contribution in [3.05, 3.63) is 12.2 Å². The van der Waals surface area contributed by atoms with Crippen LogP contribution in [0.2, 0.25) is 0 Å². The maximum absolute atomic E-state index is 15.1. The topological polar surface area (TPSA) is 288 Å². The number of aliphatic hydroxyl groups is 1. The van der Waals surface area contributed by atoms with Crippen molar-refractivity contribution in [2.75, 3.05) is 48.8 Å². The Morgan fingerprint density at radius 3 is 1.37 bits per heavy atom. The number of hydrogen-bond acceptors (Lipinski definition) is 12. The zero-order valence-corrected chi connectivity index (χ0v) is 54.4. The van der Waals surface area contributed by atoms with Crippen LogP contribution in [0.25, 0.3) is 0 Å². The molecule has 1 aliphatic rings. The minimum Gasteiger partial charge on any atom is -0.390 e. The molecule has 0 aromatic rings. The van der Waals surface area contributed by atoms with E-state index in [1.165, 1.54) is 75.7 Å². The monoisotopic (exact) mass is 1170 g/mol. The first-order chi connectivity index (χ1) is 38.3. The lowest BCUT2D eigenvalue weighted by atomic mass is 9.91. The van der Waals surface area contributed by atoms with Gasteiger partial charge < -0.3 is 61.1 Å². The molecule has 0 aromatic carbocycles. The molecule has 1 aliphatic heterocycles. The molecule has 474 valence electrons. The van der Waals surface area contributed by atoms with Crippen LogP contribution < -0.4 is 26.6 Å². The van der Waals surface area contributed by atoms with Crippen LogP contribution in [0, 0.1) is 41.4 Å². The molecule has 23 nitrogen and oxygen atoms in total. The van der Waals surface area contributed by atoms with Gasteiger partial charge in [-0.05, 0) is 94.3 Å². The summed E-state index contributed by atoms with van der Waals surface area (Å²) in [5.74, 6) is -10.3. The van der Waals surface area contributed by atoms with Crippen LogP contribution in [0.15, 0.2) is 12.2 Å². The van der Waals surface area contributed by atoms with Gasteiger partial charge in [0.05, 0.1) is 12.6 Å². The average molecular weight is 1170 g/mol. The Morgan fingerprint density at radius 2 is 0.916 bits per heavy atom. The van der Waals surface area contributed by atoms with Crippen molar-refractivity contribution in [1.82, 2.24) is 56.0 Å². The van der Waals surface area contributed by atoms with Crippen LogP contribution in [0.4, 0.5) is 0 Å². The molecule has 1 rings (SSSR count). The van der Waals surface area contributed by atoms with Crippen molar-refractivity contribution >= 4 is 65.0 Å². The summed E-state index contributed by atoms with van der Waals surface area (Å²) in [5, 5.41) is 25.6. The van der Waals surface area contributed by atoms with Gasteiger partial charge in [0.15, 0.2) is 0 Å². The summed E-state index contributed by atoms with van der Waals surface area (Å²) < 4.78 is 0. The summed E-state index contributed by atoms with van der Waals surface area (Å²) in [4.78, 5) is 166. The van der Waals surface area contributed by atoms with Crippen LogP contribution in [0.5, 0.6) is 0 Å². The molecule has 12 atom stereocenters. The predicted molar refractivity (Wildman–Crippen MR) is 319 cm³/mol. The van der Waals surface area contributed by atoms with E-state index in [1.807, 2.05) is 41.5 Å². The normalized spacial score (nSPS) is 27.1. The summed E-state index contributed by atoms with van der Waals surface area (Å²) in [6.07, 6.45) is 2.87. The second-order valence-corrected chi connectivity index (χ2v) is 25.2. The molecule has 0 saturated carbocycles. The maximum Gasteiger partial charge on any atom is 0.246 e. The van der Waals surface area contributed by atoms with E-state index in [9.17, 15) is 48.3 Å². The second kappa shape index (κ2) is 34.0. The van der Waals surface area contributed by atoms with Crippen molar-refractivity contribution < 1.29 is 57.8 Å². The zero-order chi connectivity index (χ0) is 64.4. The van der Waals surface area contributed by atoms with Crippen molar-refractivity contribution in [2.45, 2.75) is 216 Å². The van der Waals surface area contributed by atoms with Gasteiger partial charge in [-0.25, -0.2) is 0 Å². The Labute approximate surface area is 495 Å². The molecule has 1 heterocycles. The van der Waals surface area contributed by atoms with Gasteiger partial charge in [0, 0.05) is 42.3 Å². The fourth-order valence-electron chi connectivity index (χ4n) is 10.3. The predicted octanol–water partition coefficient (Wildman–Crippen LogP) is 2.54. The van der Waals surface area contributed by atoms with Gasteiger partial charge >= 0.3 is 0 Å². The highest BCUT2D eigenvalue weighted by Crippen LogP contribution is 2.25. The Hall–Kier alpha value is -6.13. The number of likely N-dealkylation sites (N-methyl/N-ethyl adjacent to an activating group) is 6. The molecule has 0 aliphatic carbocycles. The molecule has 1 fully saturated rings. The van der Waals surface area contributed by atoms with Crippen LogP contribution in [0.1, 0.15) is 150 Å². The minimum absolute atomic E-state index is 0.0191. The third-order valence-electron chi connectivity index (χ3n) is 15.5. The fraction of sp³-hybridized carbons (Fsp3) is 0.783. The van der Waals surface area contributed by atoms with Crippen LogP contribution >= 0.6 is 0 Å². The first-order valence-electron chi connectivity index (χ1n) is 29.7. The van der Waals surface area contributed by atoms with Crippen LogP contribution in [0.3, 0.4) is 0 Å². The average Bonchev–Trinajstić information content (AvgIpc) is 3.53. The smallest absolute Gasteiger partial charge is 0.246 e. The second-order valence-electron chi connectivity index (χ2n) is 25.2. The molecule has 6 N–H and O–H groups in total. The van der Waals surface area contributed by atoms with Gasteiger partial charge in [-0.1, -0.05) is 109 Å². The number of allylic oxidation sites excluding steroid dienone is 2. The molecule has 0 spiro atoms. The summed E-state index contributed by atoms with van der Waals surface area (Å²) >= 11 is 0. The van der Waals surface area contributed by atoms with Gasteiger partial charge in [-0.2, -0.15) is 0 Å². The zero-order valence-electron chi connectivity index (χ0n) is 54.4. The minimum atomic E-state index is -1.61. The molecule has 0 radical (unpaired) electrons. The standard InChI is InChI=1S/C60H107N11O12/c1-24-26-27-38(15)50(73)49-54(77)63-41(25-2)56(79)66(18)31-45(72)64-46(35(9)10)53(76)65-47(36(11)12)59(82)67(19)42(28-32(3)4)52(75)61-39(16)51(74)62-40(17)55(78)68(20)43(29-33(5)6)57(80)69(21)44(30-34(7)8)58(81)70(22)48(37(13)14)60(83)71(49)23/h24,26,32-44,46-50,73H,25,27-31H2,1-23H3,(H,61,75)(H,62,74)(H,63,77)(H,64,72)(H,65,76)/b26-24+/t38?,39-,40-,41-,42-,43-,44-,46-,47-,48-,49+,50?/m0/s1. The third-order valence-corrected chi connectivity index (χ3v) is 15.5. The van der Waals surface area contributed by atoms with E-state index in [-0.39, 0.29) is 43.4 Å². The Balaban J connectivity index is 4.25. The lowest BCUT2D eigenvalue weighted by molar-refractivity contribution is -0.157.